The Morgan fingerprint density at radius 1 is 0.897 bits per heavy atom. The van der Waals surface area contributed by atoms with E-state index in [-0.39, 0.29) is 18.9 Å². The van der Waals surface area contributed by atoms with Crippen molar-refractivity contribution >= 4 is 40.9 Å². The number of carbonyl (C=O) groups is 2. The van der Waals surface area contributed by atoms with Crippen LogP contribution in [0.15, 0.2) is 53.5 Å². The van der Waals surface area contributed by atoms with Gasteiger partial charge in [-0.3, -0.25) is 14.6 Å². The largest absolute Gasteiger partial charge is 0.370 e. The number of Topliss-reactive ketones (excluding diaryl/α,β-unsaturated/α-hetero) is 1. The highest BCUT2D eigenvalue weighted by molar-refractivity contribution is 6.30. The molecule has 7 nitrogen and oxygen atoms in total. The van der Waals surface area contributed by atoms with Gasteiger partial charge in [0.15, 0.2) is 17.3 Å². The van der Waals surface area contributed by atoms with Crippen LogP contribution in [-0.4, -0.2) is 29.7 Å². The fourth-order valence-electron chi connectivity index (χ4n) is 3.00. The lowest BCUT2D eigenvalue weighted by atomic mass is 9.76. The molecule has 0 aliphatic heterocycles. The van der Waals surface area contributed by atoms with E-state index in [0.29, 0.717) is 27.6 Å². The minimum atomic E-state index is -1.90. The van der Waals surface area contributed by atoms with Crippen LogP contribution in [0.3, 0.4) is 0 Å². The van der Waals surface area contributed by atoms with Crippen molar-refractivity contribution in [1.29, 1.82) is 0 Å². The van der Waals surface area contributed by atoms with E-state index in [4.69, 9.17) is 46.1 Å². The molecule has 0 aromatic heterocycles. The first-order valence-electron chi connectivity index (χ1n) is 8.84. The number of hydrogen-bond donors (Lipinski definition) is 4. The lowest BCUT2D eigenvalue weighted by Gasteiger charge is -2.29. The fourth-order valence-corrected chi connectivity index (χ4v) is 3.25. The van der Waals surface area contributed by atoms with Crippen molar-refractivity contribution in [3.05, 3.63) is 69.7 Å². The number of nitrogens with zero attached hydrogens (tertiary/aromatic N) is 1. The summed E-state index contributed by atoms with van der Waals surface area (Å²) >= 11 is 12.0. The van der Waals surface area contributed by atoms with Gasteiger partial charge in [0.1, 0.15) is 0 Å². The quantitative estimate of drug-likeness (QED) is 0.205. The van der Waals surface area contributed by atoms with E-state index < -0.39 is 23.1 Å². The third-order valence-corrected chi connectivity index (χ3v) is 5.08. The summed E-state index contributed by atoms with van der Waals surface area (Å²) in [6, 6.07) is 13.5. The number of primary amides is 1. The molecular weight excluding hydrogens is 413 g/mol. The Labute approximate surface area is 179 Å². The zero-order valence-corrected chi connectivity index (χ0v) is 17.2. The number of nitrogens with two attached hydrogens (primary N) is 4. The first-order chi connectivity index (χ1) is 13.6. The molecule has 8 N–H and O–H groups in total. The van der Waals surface area contributed by atoms with Crippen molar-refractivity contribution in [3.63, 3.8) is 0 Å². The maximum absolute atomic E-state index is 13.5. The summed E-state index contributed by atoms with van der Waals surface area (Å²) in [5.41, 5.74) is 21.8. The number of hydrogen-bond acceptors (Lipinski definition) is 4. The van der Waals surface area contributed by atoms with E-state index in [1.807, 2.05) is 0 Å². The Bertz CT molecular complexity index is 851. The number of guanidine groups is 1. The fraction of sp³-hybridized carbons (Fsp3) is 0.250. The van der Waals surface area contributed by atoms with Crippen LogP contribution in [0.1, 0.15) is 29.9 Å². The number of carbonyl (C=O) groups excluding carboxylic acids is 2. The summed E-state index contributed by atoms with van der Waals surface area (Å²) in [5.74, 6) is -2.36. The SMILES string of the molecule is NC(=O)[C@@](N)(CCCN=C(N)N)C(=O)C(c1ccc(Cl)cc1)c1ccc(Cl)cc1. The lowest BCUT2D eigenvalue weighted by Crippen LogP contribution is -2.59. The molecule has 1 amide bonds. The van der Waals surface area contributed by atoms with Gasteiger partial charge in [-0.25, -0.2) is 0 Å². The van der Waals surface area contributed by atoms with Gasteiger partial charge >= 0.3 is 0 Å². The molecule has 0 fully saturated rings. The van der Waals surface area contributed by atoms with Crippen molar-refractivity contribution in [3.8, 4) is 0 Å². The minimum absolute atomic E-state index is 0.00434. The van der Waals surface area contributed by atoms with Crippen LogP contribution in [0.25, 0.3) is 0 Å². The molecule has 0 aliphatic rings. The number of rotatable bonds is 9. The molecule has 29 heavy (non-hydrogen) atoms. The number of benzene rings is 2. The highest BCUT2D eigenvalue weighted by Crippen LogP contribution is 2.32. The second-order valence-electron chi connectivity index (χ2n) is 6.65. The molecule has 0 radical (unpaired) electrons. The Balaban J connectivity index is 2.44. The van der Waals surface area contributed by atoms with E-state index >= 15 is 0 Å². The van der Waals surface area contributed by atoms with E-state index in [2.05, 4.69) is 4.99 Å². The summed E-state index contributed by atoms with van der Waals surface area (Å²) in [6.07, 6.45) is 0.298. The van der Waals surface area contributed by atoms with Gasteiger partial charge in [0.25, 0.3) is 0 Å². The van der Waals surface area contributed by atoms with E-state index in [1.54, 1.807) is 48.5 Å². The van der Waals surface area contributed by atoms with Gasteiger partial charge in [0.05, 0.1) is 5.92 Å². The van der Waals surface area contributed by atoms with Gasteiger partial charge in [0, 0.05) is 16.6 Å². The van der Waals surface area contributed by atoms with Crippen molar-refractivity contribution in [1.82, 2.24) is 0 Å². The molecule has 2 aromatic carbocycles. The first-order valence-corrected chi connectivity index (χ1v) is 9.60. The first kappa shape index (κ1) is 22.7. The van der Waals surface area contributed by atoms with Crippen LogP contribution in [0.2, 0.25) is 10.0 Å². The molecule has 1 atom stereocenters. The average Bonchev–Trinajstić information content (AvgIpc) is 2.67. The van der Waals surface area contributed by atoms with Crippen LogP contribution in [0.4, 0.5) is 0 Å². The van der Waals surface area contributed by atoms with Crippen molar-refractivity contribution < 1.29 is 9.59 Å². The topological polar surface area (TPSA) is 151 Å². The molecule has 2 aromatic rings. The van der Waals surface area contributed by atoms with Crippen LogP contribution in [0.5, 0.6) is 0 Å². The molecule has 2 rings (SSSR count). The summed E-state index contributed by atoms with van der Waals surface area (Å²) in [4.78, 5) is 29.6. The van der Waals surface area contributed by atoms with Gasteiger partial charge in [-0.15, -0.1) is 0 Å². The lowest BCUT2D eigenvalue weighted by molar-refractivity contribution is -0.134. The molecule has 0 saturated heterocycles. The molecule has 9 heteroatoms. The van der Waals surface area contributed by atoms with Crippen molar-refractivity contribution in [2.75, 3.05) is 6.54 Å². The molecule has 154 valence electrons. The maximum Gasteiger partial charge on any atom is 0.245 e. The summed E-state index contributed by atoms with van der Waals surface area (Å²) < 4.78 is 0. The normalized spacial score (nSPS) is 13.0. The second kappa shape index (κ2) is 9.73. The van der Waals surface area contributed by atoms with Crippen LogP contribution in [0, 0.1) is 0 Å². The predicted molar refractivity (Wildman–Crippen MR) is 116 cm³/mol. The van der Waals surface area contributed by atoms with E-state index in [9.17, 15) is 9.59 Å². The minimum Gasteiger partial charge on any atom is -0.370 e. The molecule has 0 unspecified atom stereocenters. The van der Waals surface area contributed by atoms with E-state index in [0.717, 1.165) is 0 Å². The third kappa shape index (κ3) is 5.69. The second-order valence-corrected chi connectivity index (χ2v) is 7.52. The Kier molecular flexibility index (Phi) is 7.61. The zero-order chi connectivity index (χ0) is 21.6. The van der Waals surface area contributed by atoms with Crippen LogP contribution in [-0.2, 0) is 9.59 Å². The summed E-state index contributed by atoms with van der Waals surface area (Å²) in [6.45, 7) is 0.217. The van der Waals surface area contributed by atoms with Crippen molar-refractivity contribution in [2.24, 2.45) is 27.9 Å². The number of halogens is 2. The number of aliphatic imine (C=N–C) groups is 1. The standard InChI is InChI=1S/C20H23Cl2N5O2/c21-14-6-2-12(3-7-14)16(13-4-8-15(22)9-5-13)17(28)20(26,18(23)29)10-1-11-27-19(24)25/h2-9,16H,1,10-11,26H2,(H2,23,29)(H4,24,25,27)/t20-/m1/s1. The molecule has 0 aliphatic carbocycles. The van der Waals surface area contributed by atoms with Crippen molar-refractivity contribution in [2.45, 2.75) is 24.3 Å². The third-order valence-electron chi connectivity index (χ3n) is 4.57. The van der Waals surface area contributed by atoms with Crippen LogP contribution < -0.4 is 22.9 Å². The Morgan fingerprint density at radius 3 is 1.72 bits per heavy atom. The molecule has 0 bridgehead atoms. The highest BCUT2D eigenvalue weighted by atomic mass is 35.5. The van der Waals surface area contributed by atoms with Gasteiger partial charge in [-0.2, -0.15) is 0 Å². The Hall–Kier alpha value is -2.61. The predicted octanol–water partition coefficient (Wildman–Crippen LogP) is 1.93. The van der Waals surface area contributed by atoms with Gasteiger partial charge in [-0.05, 0) is 48.2 Å². The molecular formula is C20H23Cl2N5O2. The Morgan fingerprint density at radius 2 is 1.34 bits per heavy atom. The average molecular weight is 436 g/mol. The highest BCUT2D eigenvalue weighted by Gasteiger charge is 2.44. The summed E-state index contributed by atoms with van der Waals surface area (Å²) in [7, 11) is 0. The van der Waals surface area contributed by atoms with E-state index in [1.165, 1.54) is 0 Å². The smallest absolute Gasteiger partial charge is 0.245 e. The monoisotopic (exact) mass is 435 g/mol. The van der Waals surface area contributed by atoms with Gasteiger partial charge in [-0.1, -0.05) is 47.5 Å². The maximum atomic E-state index is 13.5. The van der Waals surface area contributed by atoms with Crippen LogP contribution >= 0.6 is 23.2 Å². The molecule has 0 saturated carbocycles. The summed E-state index contributed by atoms with van der Waals surface area (Å²) in [5, 5.41) is 1.03. The number of ketones is 1. The number of amides is 1. The molecule has 0 spiro atoms. The zero-order valence-electron chi connectivity index (χ0n) is 15.6. The molecule has 0 heterocycles. The van der Waals surface area contributed by atoms with Gasteiger partial charge in [0.2, 0.25) is 5.91 Å². The van der Waals surface area contributed by atoms with Gasteiger partial charge < -0.3 is 22.9 Å².